The molecule has 2 aromatic heterocycles. The highest BCUT2D eigenvalue weighted by Crippen LogP contribution is 2.29. The molecule has 0 unspecified atom stereocenters. The lowest BCUT2D eigenvalue weighted by atomic mass is 10.1. The van der Waals surface area contributed by atoms with E-state index in [4.69, 9.17) is 0 Å². The van der Waals surface area contributed by atoms with Crippen LogP contribution in [0.3, 0.4) is 0 Å². The Bertz CT molecular complexity index is 1130. The molecule has 31 heavy (non-hydrogen) atoms. The molecular weight excluding hydrogens is 390 g/mol. The summed E-state index contributed by atoms with van der Waals surface area (Å²) in [6.07, 6.45) is 3.21. The maximum absolute atomic E-state index is 13.1. The van der Waals surface area contributed by atoms with Crippen molar-refractivity contribution >= 4 is 17.5 Å². The molecule has 0 bridgehead atoms. The molecular formula is C24H29N5O2. The van der Waals surface area contributed by atoms with E-state index in [-0.39, 0.29) is 11.8 Å². The minimum Gasteiger partial charge on any atom is -0.355 e. The zero-order valence-electron chi connectivity index (χ0n) is 18.6. The van der Waals surface area contributed by atoms with Crippen molar-refractivity contribution in [3.63, 3.8) is 0 Å². The van der Waals surface area contributed by atoms with Gasteiger partial charge in [-0.1, -0.05) is 12.1 Å². The van der Waals surface area contributed by atoms with Gasteiger partial charge in [0.25, 0.3) is 5.91 Å². The first-order valence-electron chi connectivity index (χ1n) is 10.8. The summed E-state index contributed by atoms with van der Waals surface area (Å²) in [7, 11) is 1.62. The molecule has 1 aliphatic rings. The second-order valence-electron chi connectivity index (χ2n) is 8.35. The summed E-state index contributed by atoms with van der Waals surface area (Å²) < 4.78 is 1.87. The minimum absolute atomic E-state index is 0.106. The number of rotatable bonds is 7. The molecule has 0 aliphatic heterocycles. The molecule has 0 spiro atoms. The maximum Gasteiger partial charge on any atom is 0.251 e. The van der Waals surface area contributed by atoms with E-state index in [9.17, 15) is 9.59 Å². The normalized spacial score (nSPS) is 13.4. The molecule has 0 atom stereocenters. The van der Waals surface area contributed by atoms with Gasteiger partial charge >= 0.3 is 0 Å². The molecule has 1 aliphatic carbocycles. The van der Waals surface area contributed by atoms with Crippen molar-refractivity contribution in [2.45, 2.75) is 59.0 Å². The maximum atomic E-state index is 13.1. The molecule has 4 rings (SSSR count). The molecule has 0 radical (unpaired) electrons. The Morgan fingerprint density at radius 2 is 1.87 bits per heavy atom. The standard InChI is InChI=1S/C24H29N5O2/c1-15-13-22-26-16(2)21(17(3)29(22)27-15)11-12-23(30)28(20-9-10-20)14-18-5-7-19(8-6-18)24(31)25-4/h5-8,13,20H,9-12,14H2,1-4H3,(H,25,31). The lowest BCUT2D eigenvalue weighted by molar-refractivity contribution is -0.132. The number of fused-ring (bicyclic) bond motifs is 1. The Kier molecular flexibility index (Phi) is 5.76. The molecule has 1 saturated carbocycles. The van der Waals surface area contributed by atoms with Gasteiger partial charge in [-0.25, -0.2) is 9.50 Å². The van der Waals surface area contributed by atoms with Crippen LogP contribution in [0, 0.1) is 20.8 Å². The van der Waals surface area contributed by atoms with Crippen LogP contribution in [0.5, 0.6) is 0 Å². The van der Waals surface area contributed by atoms with Crippen LogP contribution in [0.15, 0.2) is 30.3 Å². The van der Waals surface area contributed by atoms with Gasteiger partial charge in [0, 0.05) is 49.1 Å². The summed E-state index contributed by atoms with van der Waals surface area (Å²) in [6, 6.07) is 9.77. The molecule has 2 amide bonds. The van der Waals surface area contributed by atoms with Gasteiger partial charge in [0.1, 0.15) is 0 Å². The molecule has 1 aromatic carbocycles. The Morgan fingerprint density at radius 3 is 2.52 bits per heavy atom. The summed E-state index contributed by atoms with van der Waals surface area (Å²) in [5.41, 5.74) is 6.54. The average molecular weight is 420 g/mol. The lowest BCUT2D eigenvalue weighted by Gasteiger charge is -2.23. The van der Waals surface area contributed by atoms with E-state index < -0.39 is 0 Å². The van der Waals surface area contributed by atoms with Gasteiger partial charge in [0.05, 0.1) is 5.69 Å². The van der Waals surface area contributed by atoms with Crippen LogP contribution in [0.25, 0.3) is 5.65 Å². The van der Waals surface area contributed by atoms with E-state index in [2.05, 4.69) is 15.4 Å². The van der Waals surface area contributed by atoms with Crippen LogP contribution in [0.4, 0.5) is 0 Å². The highest BCUT2D eigenvalue weighted by molar-refractivity contribution is 5.93. The summed E-state index contributed by atoms with van der Waals surface area (Å²) in [5.74, 6) is 0.0544. The number of aryl methyl sites for hydroxylation is 3. The van der Waals surface area contributed by atoms with Crippen molar-refractivity contribution in [2.75, 3.05) is 7.05 Å². The number of nitrogens with zero attached hydrogens (tertiary/aromatic N) is 4. The fraction of sp³-hybridized carbons (Fsp3) is 0.417. The molecule has 162 valence electrons. The first-order chi connectivity index (χ1) is 14.9. The zero-order valence-corrected chi connectivity index (χ0v) is 18.6. The SMILES string of the molecule is CNC(=O)c1ccc(CN(C(=O)CCc2c(C)nc3cc(C)nn3c2C)C2CC2)cc1. The Hall–Kier alpha value is -3.22. The first kappa shape index (κ1) is 21.0. The summed E-state index contributed by atoms with van der Waals surface area (Å²) in [5, 5.41) is 7.15. The third-order valence-corrected chi connectivity index (χ3v) is 5.98. The summed E-state index contributed by atoms with van der Waals surface area (Å²) >= 11 is 0. The third kappa shape index (κ3) is 4.45. The first-order valence-corrected chi connectivity index (χ1v) is 10.8. The number of benzene rings is 1. The van der Waals surface area contributed by atoms with E-state index in [0.717, 1.165) is 46.7 Å². The monoisotopic (exact) mass is 419 g/mol. The van der Waals surface area contributed by atoms with Gasteiger partial charge < -0.3 is 10.2 Å². The number of nitrogens with one attached hydrogen (secondary N) is 1. The molecule has 3 aromatic rings. The van der Waals surface area contributed by atoms with Crippen LogP contribution >= 0.6 is 0 Å². The van der Waals surface area contributed by atoms with Crippen LogP contribution in [-0.2, 0) is 17.8 Å². The van der Waals surface area contributed by atoms with Crippen molar-refractivity contribution in [1.82, 2.24) is 24.8 Å². The molecule has 0 saturated heterocycles. The predicted octanol–water partition coefficient (Wildman–Crippen LogP) is 3.14. The van der Waals surface area contributed by atoms with E-state index in [1.54, 1.807) is 7.05 Å². The third-order valence-electron chi connectivity index (χ3n) is 5.98. The van der Waals surface area contributed by atoms with E-state index in [1.807, 2.05) is 60.5 Å². The number of carbonyl (C=O) groups excluding carboxylic acids is 2. The quantitative estimate of drug-likeness (QED) is 0.638. The van der Waals surface area contributed by atoms with Gasteiger partial charge in [-0.15, -0.1) is 0 Å². The fourth-order valence-electron chi connectivity index (χ4n) is 4.09. The van der Waals surface area contributed by atoms with Crippen molar-refractivity contribution in [3.8, 4) is 0 Å². The molecule has 7 heteroatoms. The van der Waals surface area contributed by atoms with Crippen LogP contribution in [0.1, 0.15) is 57.8 Å². The zero-order chi connectivity index (χ0) is 22.1. The van der Waals surface area contributed by atoms with Crippen molar-refractivity contribution < 1.29 is 9.59 Å². The van der Waals surface area contributed by atoms with E-state index in [0.29, 0.717) is 31.0 Å². The number of hydrogen-bond donors (Lipinski definition) is 1. The molecule has 7 nitrogen and oxygen atoms in total. The number of hydrogen-bond acceptors (Lipinski definition) is 4. The summed E-state index contributed by atoms with van der Waals surface area (Å²) in [4.78, 5) is 31.5. The second kappa shape index (κ2) is 8.49. The van der Waals surface area contributed by atoms with E-state index in [1.165, 1.54) is 0 Å². The Balaban J connectivity index is 1.46. The highest BCUT2D eigenvalue weighted by atomic mass is 16.2. The molecule has 1 N–H and O–H groups in total. The summed E-state index contributed by atoms with van der Waals surface area (Å²) in [6.45, 7) is 6.58. The van der Waals surface area contributed by atoms with Gasteiger partial charge in [0.15, 0.2) is 5.65 Å². The second-order valence-corrected chi connectivity index (χ2v) is 8.35. The topological polar surface area (TPSA) is 79.6 Å². The Labute approximate surface area is 182 Å². The predicted molar refractivity (Wildman–Crippen MR) is 119 cm³/mol. The smallest absolute Gasteiger partial charge is 0.251 e. The van der Waals surface area contributed by atoms with E-state index >= 15 is 0 Å². The molecule has 1 fully saturated rings. The van der Waals surface area contributed by atoms with Crippen LogP contribution < -0.4 is 5.32 Å². The van der Waals surface area contributed by atoms with Crippen molar-refractivity contribution in [3.05, 3.63) is 64.1 Å². The fourth-order valence-corrected chi connectivity index (χ4v) is 4.09. The van der Waals surface area contributed by atoms with Crippen molar-refractivity contribution in [1.29, 1.82) is 0 Å². The largest absolute Gasteiger partial charge is 0.355 e. The molecule has 2 heterocycles. The number of carbonyl (C=O) groups is 2. The van der Waals surface area contributed by atoms with Crippen molar-refractivity contribution in [2.24, 2.45) is 0 Å². The minimum atomic E-state index is -0.106. The number of amides is 2. The van der Waals surface area contributed by atoms with Gasteiger partial charge in [0.2, 0.25) is 5.91 Å². The lowest BCUT2D eigenvalue weighted by Crippen LogP contribution is -2.33. The van der Waals surface area contributed by atoms with Gasteiger partial charge in [-0.2, -0.15) is 5.10 Å². The van der Waals surface area contributed by atoms with Gasteiger partial charge in [-0.05, 0) is 63.3 Å². The Morgan fingerprint density at radius 1 is 1.16 bits per heavy atom. The average Bonchev–Trinajstić information content (AvgIpc) is 3.53. The van der Waals surface area contributed by atoms with Gasteiger partial charge in [-0.3, -0.25) is 9.59 Å². The highest BCUT2D eigenvalue weighted by Gasteiger charge is 2.32. The van der Waals surface area contributed by atoms with Crippen LogP contribution in [-0.4, -0.2) is 44.4 Å². The number of aromatic nitrogens is 3. The van der Waals surface area contributed by atoms with Crippen LogP contribution in [0.2, 0.25) is 0 Å².